The van der Waals surface area contributed by atoms with Gasteiger partial charge < -0.3 is 14.7 Å². The van der Waals surface area contributed by atoms with E-state index in [1.54, 1.807) is 0 Å². The van der Waals surface area contributed by atoms with Gasteiger partial charge in [-0.3, -0.25) is 4.90 Å². The molecule has 0 aromatic carbocycles. The molecule has 0 aliphatic carbocycles. The molecule has 1 saturated heterocycles. The van der Waals surface area contributed by atoms with Crippen LogP contribution >= 0.6 is 24.0 Å². The summed E-state index contributed by atoms with van der Waals surface area (Å²) in [6.45, 7) is 12.2. The fourth-order valence-corrected chi connectivity index (χ4v) is 3.91. The maximum Gasteiger partial charge on any atom is 0.194 e. The lowest BCUT2D eigenvalue weighted by atomic mass is 9.99. The highest BCUT2D eigenvalue weighted by atomic mass is 127. The second kappa shape index (κ2) is 11.0. The highest BCUT2D eigenvalue weighted by Gasteiger charge is 2.29. The zero-order valence-electron chi connectivity index (χ0n) is 16.9. The first-order valence-corrected chi connectivity index (χ1v) is 10.1. The quantitative estimate of drug-likeness (QED) is 0.276. The van der Waals surface area contributed by atoms with Crippen molar-refractivity contribution in [3.63, 3.8) is 0 Å². The van der Waals surface area contributed by atoms with Crippen molar-refractivity contribution in [2.45, 2.75) is 58.5 Å². The number of halogens is 1. The van der Waals surface area contributed by atoms with E-state index in [9.17, 15) is 0 Å². The predicted octanol–water partition coefficient (Wildman–Crippen LogP) is 3.61. The Labute approximate surface area is 180 Å². The number of rotatable bonds is 7. The van der Waals surface area contributed by atoms with Crippen LogP contribution in [0, 0.1) is 0 Å². The summed E-state index contributed by atoms with van der Waals surface area (Å²) in [7, 11) is 0. The Morgan fingerprint density at radius 1 is 1.30 bits per heavy atom. The molecule has 2 aliphatic heterocycles. The lowest BCUT2D eigenvalue weighted by molar-refractivity contribution is 0.259. The summed E-state index contributed by atoms with van der Waals surface area (Å²) in [6, 6.07) is 2.70. The summed E-state index contributed by atoms with van der Waals surface area (Å²) in [4.78, 5) is 9.74. The molecule has 1 fully saturated rings. The van der Waals surface area contributed by atoms with E-state index in [0.29, 0.717) is 18.5 Å². The molecule has 6 nitrogen and oxygen atoms in total. The van der Waals surface area contributed by atoms with Gasteiger partial charge in [-0.05, 0) is 26.2 Å². The Bertz CT molecular complexity index is 618. The molecule has 2 aliphatic rings. The van der Waals surface area contributed by atoms with E-state index in [4.69, 9.17) is 9.52 Å². The Morgan fingerprint density at radius 3 is 2.70 bits per heavy atom. The van der Waals surface area contributed by atoms with Crippen LogP contribution in [-0.2, 0) is 6.54 Å². The summed E-state index contributed by atoms with van der Waals surface area (Å²) < 4.78 is 5.52. The Morgan fingerprint density at radius 2 is 2.04 bits per heavy atom. The number of likely N-dealkylation sites (tertiary alicyclic amines) is 1. The normalized spacial score (nSPS) is 20.5. The van der Waals surface area contributed by atoms with Crippen molar-refractivity contribution in [2.75, 3.05) is 32.7 Å². The largest absolute Gasteiger partial charge is 0.359 e. The minimum atomic E-state index is 0. The van der Waals surface area contributed by atoms with Gasteiger partial charge in [0.25, 0.3) is 0 Å². The molecule has 0 radical (unpaired) electrons. The number of aromatic nitrogens is 1. The molecule has 1 aromatic heterocycles. The monoisotopic (exact) mass is 487 g/mol. The summed E-state index contributed by atoms with van der Waals surface area (Å²) in [5.74, 6) is 2.32. The molecule has 3 heterocycles. The van der Waals surface area contributed by atoms with Gasteiger partial charge in [-0.2, -0.15) is 0 Å². The zero-order valence-corrected chi connectivity index (χ0v) is 19.2. The maximum atomic E-state index is 5.52. The second-order valence-electron chi connectivity index (χ2n) is 7.22. The Hall–Kier alpha value is -1.09. The van der Waals surface area contributed by atoms with Gasteiger partial charge in [0.15, 0.2) is 11.7 Å². The summed E-state index contributed by atoms with van der Waals surface area (Å²) in [6.07, 6.45) is 7.92. The summed E-state index contributed by atoms with van der Waals surface area (Å²) in [5, 5.41) is 7.69. The van der Waals surface area contributed by atoms with E-state index in [1.807, 2.05) is 0 Å². The van der Waals surface area contributed by atoms with Crippen molar-refractivity contribution >= 4 is 29.9 Å². The van der Waals surface area contributed by atoms with Crippen LogP contribution in [0.25, 0.3) is 0 Å². The van der Waals surface area contributed by atoms with E-state index < -0.39 is 0 Å². The van der Waals surface area contributed by atoms with E-state index in [0.717, 1.165) is 63.0 Å². The van der Waals surface area contributed by atoms with Crippen molar-refractivity contribution in [2.24, 2.45) is 4.99 Å². The molecule has 1 unspecified atom stereocenters. The van der Waals surface area contributed by atoms with Gasteiger partial charge in [-0.1, -0.05) is 31.2 Å². The highest BCUT2D eigenvalue weighted by Crippen LogP contribution is 2.23. The van der Waals surface area contributed by atoms with Crippen LogP contribution < -0.4 is 5.32 Å². The lowest BCUT2D eigenvalue weighted by Gasteiger charge is -2.25. The smallest absolute Gasteiger partial charge is 0.194 e. The summed E-state index contributed by atoms with van der Waals surface area (Å²) in [5.41, 5.74) is 1.06. The molecule has 0 amide bonds. The second-order valence-corrected chi connectivity index (χ2v) is 7.22. The molecule has 27 heavy (non-hydrogen) atoms. The highest BCUT2D eigenvalue weighted by molar-refractivity contribution is 14.0. The number of hydrogen-bond acceptors (Lipinski definition) is 4. The van der Waals surface area contributed by atoms with Crippen molar-refractivity contribution in [1.82, 2.24) is 20.3 Å². The number of aliphatic imine (C=N–C) groups is 1. The van der Waals surface area contributed by atoms with E-state index in [2.05, 4.69) is 59.3 Å². The Balaban J connectivity index is 0.00000261. The minimum absolute atomic E-state index is 0. The maximum absolute atomic E-state index is 5.52. The van der Waals surface area contributed by atoms with Gasteiger partial charge in [-0.15, -0.1) is 24.0 Å². The van der Waals surface area contributed by atoms with Crippen molar-refractivity contribution in [3.05, 3.63) is 29.7 Å². The third-order valence-electron chi connectivity index (χ3n) is 5.53. The van der Waals surface area contributed by atoms with Crippen LogP contribution in [0.15, 0.2) is 27.7 Å². The van der Waals surface area contributed by atoms with Crippen molar-refractivity contribution in [1.29, 1.82) is 0 Å². The first kappa shape index (κ1) is 22.2. The third kappa shape index (κ3) is 5.70. The van der Waals surface area contributed by atoms with E-state index in [-0.39, 0.29) is 24.0 Å². The van der Waals surface area contributed by atoms with Crippen LogP contribution in [-0.4, -0.2) is 59.7 Å². The van der Waals surface area contributed by atoms with Gasteiger partial charge in [0, 0.05) is 50.7 Å². The van der Waals surface area contributed by atoms with Crippen LogP contribution in [0.3, 0.4) is 0 Å². The molecule has 7 heteroatoms. The number of nitrogens with zero attached hydrogens (tertiary/aromatic N) is 4. The molecule has 152 valence electrons. The van der Waals surface area contributed by atoms with Gasteiger partial charge in [-0.25, -0.2) is 4.99 Å². The Kier molecular flexibility index (Phi) is 9.08. The van der Waals surface area contributed by atoms with Crippen LogP contribution in [0.5, 0.6) is 0 Å². The zero-order chi connectivity index (χ0) is 18.4. The minimum Gasteiger partial charge on any atom is -0.359 e. The first-order valence-electron chi connectivity index (χ1n) is 10.1. The van der Waals surface area contributed by atoms with Gasteiger partial charge in [0.2, 0.25) is 0 Å². The number of hydrogen-bond donors (Lipinski definition) is 1. The predicted molar refractivity (Wildman–Crippen MR) is 121 cm³/mol. The molecular formula is C20H34IN5O. The molecule has 3 rings (SSSR count). The van der Waals surface area contributed by atoms with Crippen molar-refractivity contribution < 1.29 is 4.52 Å². The van der Waals surface area contributed by atoms with E-state index >= 15 is 0 Å². The van der Waals surface area contributed by atoms with Gasteiger partial charge in [0.1, 0.15) is 6.54 Å². The topological polar surface area (TPSA) is 56.9 Å². The van der Waals surface area contributed by atoms with E-state index in [1.165, 1.54) is 6.42 Å². The fourth-order valence-electron chi connectivity index (χ4n) is 3.91. The molecule has 1 N–H and O–H groups in total. The molecule has 1 aromatic rings. The average molecular weight is 487 g/mol. The molecule has 0 saturated carbocycles. The molecular weight excluding hydrogens is 453 g/mol. The number of nitrogens with one attached hydrogen (secondary N) is 1. The van der Waals surface area contributed by atoms with Gasteiger partial charge in [0.05, 0.1) is 5.69 Å². The first-order chi connectivity index (χ1) is 12.7. The van der Waals surface area contributed by atoms with Crippen molar-refractivity contribution in [3.8, 4) is 0 Å². The fraction of sp³-hybridized carbons (Fsp3) is 0.700. The summed E-state index contributed by atoms with van der Waals surface area (Å²) >= 11 is 0. The van der Waals surface area contributed by atoms with Gasteiger partial charge >= 0.3 is 0 Å². The lowest BCUT2D eigenvalue weighted by Crippen LogP contribution is -2.42. The molecule has 0 spiro atoms. The molecule has 1 atom stereocenters. The standard InChI is InChI=1S/C20H33N5O.HI/c1-4-16(5-2)19-13-18(26-23-19)14-22-20(21-6-3)25-12-9-17(15-25)24-10-7-8-11-24;/h7-8,13,16-17H,4-6,9-12,14-15H2,1-3H3,(H,21,22);1H. The van der Waals surface area contributed by atoms with Crippen LogP contribution in [0.2, 0.25) is 0 Å². The SMILES string of the molecule is CCNC(=NCc1cc(C(CC)CC)no1)N1CCC(N2CC=CC2)C1.I. The third-order valence-corrected chi connectivity index (χ3v) is 5.53. The van der Waals surface area contributed by atoms with Crippen LogP contribution in [0.4, 0.5) is 0 Å². The van der Waals surface area contributed by atoms with Crippen LogP contribution in [0.1, 0.15) is 57.4 Å². The number of guanidine groups is 1. The molecule has 0 bridgehead atoms. The average Bonchev–Trinajstić information content (AvgIpc) is 3.40.